The molecule has 27 heavy (non-hydrogen) atoms. The van der Waals surface area contributed by atoms with Crippen molar-refractivity contribution < 1.29 is 4.42 Å². The van der Waals surface area contributed by atoms with Crippen LogP contribution < -0.4 is 5.32 Å². The fraction of sp³-hybridized carbons (Fsp3) is 0.429. The third-order valence-corrected chi connectivity index (χ3v) is 5.16. The van der Waals surface area contributed by atoms with Crippen LogP contribution in [0.25, 0.3) is 11.3 Å². The van der Waals surface area contributed by atoms with E-state index in [1.807, 2.05) is 30.9 Å². The monoisotopic (exact) mass is 365 g/mol. The van der Waals surface area contributed by atoms with E-state index in [1.165, 1.54) is 18.4 Å². The Hall–Kier alpha value is -2.44. The van der Waals surface area contributed by atoms with Gasteiger partial charge in [-0.15, -0.1) is 0 Å². The molecular weight excluding hydrogens is 338 g/mol. The quantitative estimate of drug-likeness (QED) is 0.696. The molecule has 1 N–H and O–H groups in total. The summed E-state index contributed by atoms with van der Waals surface area (Å²) < 4.78 is 7.82. The molecule has 1 unspecified atom stereocenters. The van der Waals surface area contributed by atoms with Gasteiger partial charge in [0, 0.05) is 49.9 Å². The van der Waals surface area contributed by atoms with Gasteiger partial charge in [0.2, 0.25) is 0 Å². The van der Waals surface area contributed by atoms with Crippen LogP contribution in [0, 0.1) is 6.92 Å². The van der Waals surface area contributed by atoms with Crippen molar-refractivity contribution in [1.29, 1.82) is 0 Å². The summed E-state index contributed by atoms with van der Waals surface area (Å²) in [7, 11) is 1.96. The number of nitrogens with zero attached hydrogens (tertiary/aromatic N) is 4. The zero-order chi connectivity index (χ0) is 18.6. The molecule has 0 saturated carbocycles. The lowest BCUT2D eigenvalue weighted by Gasteiger charge is -2.26. The van der Waals surface area contributed by atoms with Gasteiger partial charge in [-0.05, 0) is 57.1 Å². The molecule has 6 heteroatoms. The highest BCUT2D eigenvalue weighted by atomic mass is 16.3. The summed E-state index contributed by atoms with van der Waals surface area (Å²) >= 11 is 0. The summed E-state index contributed by atoms with van der Waals surface area (Å²) in [5.41, 5.74) is 3.22. The highest BCUT2D eigenvalue weighted by molar-refractivity contribution is 5.61. The predicted molar refractivity (Wildman–Crippen MR) is 105 cm³/mol. The van der Waals surface area contributed by atoms with Crippen molar-refractivity contribution in [2.24, 2.45) is 7.05 Å². The van der Waals surface area contributed by atoms with Gasteiger partial charge in [0.1, 0.15) is 11.5 Å². The normalized spacial score (nSPS) is 16.1. The highest BCUT2D eigenvalue weighted by Gasteiger charge is 2.25. The van der Waals surface area contributed by atoms with Gasteiger partial charge in [-0.3, -0.25) is 14.6 Å². The van der Waals surface area contributed by atoms with Crippen LogP contribution in [0.4, 0.5) is 0 Å². The molecule has 0 aliphatic carbocycles. The van der Waals surface area contributed by atoms with E-state index in [0.717, 1.165) is 49.0 Å². The lowest BCUT2D eigenvalue weighted by molar-refractivity contribution is 0.207. The maximum Gasteiger partial charge on any atom is 0.122 e. The zero-order valence-electron chi connectivity index (χ0n) is 16.1. The second-order valence-corrected chi connectivity index (χ2v) is 7.26. The van der Waals surface area contributed by atoms with Crippen LogP contribution in [-0.4, -0.2) is 39.3 Å². The SMILES string of the molecule is Cc1ccc(C(CNCc2cn(C)nc2-c2cccnc2)N2CCCC2)o1. The average molecular weight is 365 g/mol. The van der Waals surface area contributed by atoms with Crippen LogP contribution in [0.2, 0.25) is 0 Å². The molecule has 0 amide bonds. The fourth-order valence-corrected chi connectivity index (χ4v) is 3.85. The zero-order valence-corrected chi connectivity index (χ0v) is 16.1. The maximum atomic E-state index is 5.95. The second kappa shape index (κ2) is 8.06. The molecule has 0 spiro atoms. The molecule has 1 aliphatic heterocycles. The van der Waals surface area contributed by atoms with Crippen LogP contribution in [-0.2, 0) is 13.6 Å². The van der Waals surface area contributed by atoms with E-state index in [2.05, 4.69) is 44.7 Å². The Morgan fingerprint density at radius 2 is 2.07 bits per heavy atom. The first kappa shape index (κ1) is 17.9. The summed E-state index contributed by atoms with van der Waals surface area (Å²) in [5, 5.41) is 8.26. The molecule has 1 saturated heterocycles. The third-order valence-electron chi connectivity index (χ3n) is 5.16. The van der Waals surface area contributed by atoms with Gasteiger partial charge in [0.15, 0.2) is 0 Å². The standard InChI is InChI=1S/C21H27N5O/c1-16-7-8-20(27-16)19(26-10-3-4-11-26)14-23-13-18-15-25(2)24-21(18)17-6-5-9-22-12-17/h5-9,12,15,19,23H,3-4,10-11,13-14H2,1-2H3. The molecule has 142 valence electrons. The second-order valence-electron chi connectivity index (χ2n) is 7.26. The lowest BCUT2D eigenvalue weighted by Crippen LogP contribution is -2.33. The Bertz CT molecular complexity index is 864. The molecule has 3 aromatic rings. The van der Waals surface area contributed by atoms with Crippen LogP contribution >= 0.6 is 0 Å². The van der Waals surface area contributed by atoms with Gasteiger partial charge >= 0.3 is 0 Å². The van der Waals surface area contributed by atoms with Crippen molar-refractivity contribution in [3.63, 3.8) is 0 Å². The molecule has 0 aromatic carbocycles. The number of rotatable bonds is 7. The molecule has 4 rings (SSSR count). The number of pyridine rings is 1. The third kappa shape index (κ3) is 4.12. The molecule has 1 atom stereocenters. The van der Waals surface area contributed by atoms with Crippen molar-refractivity contribution >= 4 is 0 Å². The van der Waals surface area contributed by atoms with Crippen LogP contribution in [0.1, 0.15) is 36.0 Å². The Kier molecular flexibility index (Phi) is 5.36. The predicted octanol–water partition coefficient (Wildman–Crippen LogP) is 3.31. The molecule has 4 heterocycles. The molecule has 3 aromatic heterocycles. The minimum atomic E-state index is 0.278. The first-order chi connectivity index (χ1) is 13.2. The van der Waals surface area contributed by atoms with Gasteiger partial charge in [0.25, 0.3) is 0 Å². The van der Waals surface area contributed by atoms with Crippen LogP contribution in [0.3, 0.4) is 0 Å². The number of nitrogens with one attached hydrogen (secondary N) is 1. The van der Waals surface area contributed by atoms with Gasteiger partial charge in [-0.2, -0.15) is 5.10 Å². The number of furan rings is 1. The molecule has 1 fully saturated rings. The maximum absolute atomic E-state index is 5.95. The summed E-state index contributed by atoms with van der Waals surface area (Å²) in [6.07, 6.45) is 8.27. The van der Waals surface area contributed by atoms with Crippen molar-refractivity contribution in [3.05, 3.63) is 59.9 Å². The number of hydrogen-bond donors (Lipinski definition) is 1. The minimum absolute atomic E-state index is 0.278. The molecule has 1 aliphatic rings. The molecular formula is C21H27N5O. The van der Waals surface area contributed by atoms with E-state index < -0.39 is 0 Å². The van der Waals surface area contributed by atoms with Gasteiger partial charge in [-0.1, -0.05) is 0 Å². The van der Waals surface area contributed by atoms with E-state index in [-0.39, 0.29) is 6.04 Å². The molecule has 0 radical (unpaired) electrons. The molecule has 0 bridgehead atoms. The summed E-state index contributed by atoms with van der Waals surface area (Å²) in [4.78, 5) is 6.75. The summed E-state index contributed by atoms with van der Waals surface area (Å²) in [6, 6.07) is 8.45. The highest BCUT2D eigenvalue weighted by Crippen LogP contribution is 2.26. The molecule has 6 nitrogen and oxygen atoms in total. The fourth-order valence-electron chi connectivity index (χ4n) is 3.85. The van der Waals surface area contributed by atoms with E-state index in [1.54, 1.807) is 6.20 Å². The van der Waals surface area contributed by atoms with Crippen molar-refractivity contribution in [2.45, 2.75) is 32.4 Å². The first-order valence-electron chi connectivity index (χ1n) is 9.65. The minimum Gasteiger partial charge on any atom is -0.465 e. The van der Waals surface area contributed by atoms with Crippen molar-refractivity contribution in [3.8, 4) is 11.3 Å². The van der Waals surface area contributed by atoms with Crippen molar-refractivity contribution in [2.75, 3.05) is 19.6 Å². The topological polar surface area (TPSA) is 59.1 Å². The Morgan fingerprint density at radius 1 is 1.22 bits per heavy atom. The van der Waals surface area contributed by atoms with Gasteiger partial charge in [-0.25, -0.2) is 0 Å². The van der Waals surface area contributed by atoms with E-state index in [9.17, 15) is 0 Å². The number of likely N-dealkylation sites (tertiary alicyclic amines) is 1. The Labute approximate surface area is 160 Å². The van der Waals surface area contributed by atoms with Crippen LogP contribution in [0.5, 0.6) is 0 Å². The van der Waals surface area contributed by atoms with Gasteiger partial charge < -0.3 is 9.73 Å². The van der Waals surface area contributed by atoms with Crippen molar-refractivity contribution in [1.82, 2.24) is 25.0 Å². The van der Waals surface area contributed by atoms with E-state index in [0.29, 0.717) is 0 Å². The summed E-state index contributed by atoms with van der Waals surface area (Å²) in [6.45, 7) is 5.91. The summed E-state index contributed by atoms with van der Waals surface area (Å²) in [5.74, 6) is 2.03. The van der Waals surface area contributed by atoms with Gasteiger partial charge in [0.05, 0.1) is 11.7 Å². The number of aromatic nitrogens is 3. The first-order valence-corrected chi connectivity index (χ1v) is 9.65. The average Bonchev–Trinajstić information content (AvgIpc) is 3.41. The Morgan fingerprint density at radius 3 is 2.78 bits per heavy atom. The number of hydrogen-bond acceptors (Lipinski definition) is 5. The van der Waals surface area contributed by atoms with E-state index >= 15 is 0 Å². The largest absolute Gasteiger partial charge is 0.465 e. The van der Waals surface area contributed by atoms with Crippen LogP contribution in [0.15, 0.2) is 47.3 Å². The van der Waals surface area contributed by atoms with E-state index in [4.69, 9.17) is 4.42 Å². The smallest absolute Gasteiger partial charge is 0.122 e. The lowest BCUT2D eigenvalue weighted by atomic mass is 10.1. The number of aryl methyl sites for hydroxylation is 2. The Balaban J connectivity index is 1.46.